The third kappa shape index (κ3) is 2.45. The standard InChI is InChI=1S/C11H11N3O3S3/c1-5-12-13-11(20-5)19-4-6-3-18-8-2-7(15)14(8)9(6)10(16)17/h8H,2-4H2,1H3,(H,16,17)/t8-/m1/s1. The third-order valence-corrected chi connectivity index (χ3v) is 6.35. The summed E-state index contributed by atoms with van der Waals surface area (Å²) in [5.41, 5.74) is 0.948. The van der Waals surface area contributed by atoms with Gasteiger partial charge in [-0.2, -0.15) is 0 Å². The molecule has 9 heteroatoms. The minimum absolute atomic E-state index is 0.00567. The maximum atomic E-state index is 11.6. The first-order valence-corrected chi connectivity index (χ1v) is 8.73. The molecule has 20 heavy (non-hydrogen) atoms. The van der Waals surface area contributed by atoms with Crippen molar-refractivity contribution in [3.63, 3.8) is 0 Å². The summed E-state index contributed by atoms with van der Waals surface area (Å²) in [5, 5.41) is 18.2. The molecule has 0 aromatic carbocycles. The highest BCUT2D eigenvalue weighted by atomic mass is 32.2. The first kappa shape index (κ1) is 13.9. The largest absolute Gasteiger partial charge is 0.477 e. The van der Waals surface area contributed by atoms with Gasteiger partial charge < -0.3 is 5.11 Å². The summed E-state index contributed by atoms with van der Waals surface area (Å²) in [5.74, 6) is 0.0573. The van der Waals surface area contributed by atoms with Crippen LogP contribution in [0, 0.1) is 6.92 Å². The van der Waals surface area contributed by atoms with Gasteiger partial charge in [-0.25, -0.2) is 4.79 Å². The second-order valence-corrected chi connectivity index (χ2v) is 7.94. The Balaban J connectivity index is 1.79. The molecule has 2 aliphatic heterocycles. The molecule has 106 valence electrons. The van der Waals surface area contributed by atoms with Crippen LogP contribution in [-0.4, -0.2) is 49.0 Å². The van der Waals surface area contributed by atoms with Crippen LogP contribution in [0.1, 0.15) is 11.4 Å². The molecule has 0 radical (unpaired) electrons. The zero-order chi connectivity index (χ0) is 14.3. The number of carbonyl (C=O) groups excluding carboxylic acids is 1. The number of hydrogen-bond donors (Lipinski definition) is 1. The molecule has 1 saturated heterocycles. The molecule has 1 aromatic heterocycles. The summed E-state index contributed by atoms with van der Waals surface area (Å²) in [6.07, 6.45) is 0.442. The number of carboxylic acids is 1. The molecular formula is C11H11N3O3S3. The molecule has 6 nitrogen and oxygen atoms in total. The topological polar surface area (TPSA) is 83.4 Å². The molecule has 1 amide bonds. The number of rotatable bonds is 4. The number of carboxylic acid groups (broad SMARTS) is 1. The number of aryl methyl sites for hydroxylation is 1. The van der Waals surface area contributed by atoms with E-state index in [1.54, 1.807) is 11.8 Å². The zero-order valence-electron chi connectivity index (χ0n) is 10.5. The van der Waals surface area contributed by atoms with Gasteiger partial charge in [0.25, 0.3) is 0 Å². The molecule has 3 rings (SSSR count). The number of amides is 1. The van der Waals surface area contributed by atoms with Crippen molar-refractivity contribution < 1.29 is 14.7 Å². The number of hydrogen-bond acceptors (Lipinski definition) is 7. The van der Waals surface area contributed by atoms with Crippen molar-refractivity contribution in [2.45, 2.75) is 23.1 Å². The normalized spacial score (nSPS) is 21.8. The molecule has 0 unspecified atom stereocenters. The molecule has 0 spiro atoms. The smallest absolute Gasteiger partial charge is 0.352 e. The Hall–Kier alpha value is -1.06. The zero-order valence-corrected chi connectivity index (χ0v) is 13.0. The van der Waals surface area contributed by atoms with E-state index < -0.39 is 5.97 Å². The fourth-order valence-corrected chi connectivity index (χ4v) is 5.29. The lowest BCUT2D eigenvalue weighted by Gasteiger charge is -2.43. The van der Waals surface area contributed by atoms with Crippen molar-refractivity contribution in [2.24, 2.45) is 0 Å². The fourth-order valence-electron chi connectivity index (χ4n) is 2.07. The molecule has 0 bridgehead atoms. The van der Waals surface area contributed by atoms with Gasteiger partial charge in [-0.05, 0) is 12.5 Å². The van der Waals surface area contributed by atoms with Crippen LogP contribution in [0.3, 0.4) is 0 Å². The summed E-state index contributed by atoms with van der Waals surface area (Å²) in [6, 6.07) is 0. The number of aromatic nitrogens is 2. The van der Waals surface area contributed by atoms with E-state index in [1.165, 1.54) is 28.0 Å². The van der Waals surface area contributed by atoms with Crippen LogP contribution in [-0.2, 0) is 9.59 Å². The number of thioether (sulfide) groups is 2. The van der Waals surface area contributed by atoms with Crippen molar-refractivity contribution in [1.29, 1.82) is 0 Å². The van der Waals surface area contributed by atoms with Crippen LogP contribution >= 0.6 is 34.9 Å². The van der Waals surface area contributed by atoms with E-state index in [4.69, 9.17) is 0 Å². The van der Waals surface area contributed by atoms with E-state index in [9.17, 15) is 14.7 Å². The maximum Gasteiger partial charge on any atom is 0.352 e. The first-order valence-electron chi connectivity index (χ1n) is 5.88. The lowest BCUT2D eigenvalue weighted by molar-refractivity contribution is -0.146. The average molecular weight is 329 g/mol. The van der Waals surface area contributed by atoms with E-state index in [1.807, 2.05) is 6.92 Å². The Labute approximate surface area is 127 Å². The van der Waals surface area contributed by atoms with Crippen molar-refractivity contribution >= 4 is 46.7 Å². The SMILES string of the molecule is Cc1nnc(SCC2=C(C(=O)O)N3C(=O)C[C@H]3SC2)s1. The minimum atomic E-state index is -1.02. The third-order valence-electron chi connectivity index (χ3n) is 3.01. The number of carbonyl (C=O) groups is 2. The molecule has 0 saturated carbocycles. The second-order valence-electron chi connectivity index (χ2n) is 4.37. The molecule has 2 aliphatic rings. The summed E-state index contributed by atoms with van der Waals surface area (Å²) in [4.78, 5) is 24.4. The highest BCUT2D eigenvalue weighted by Crippen LogP contribution is 2.41. The Kier molecular flexibility index (Phi) is 3.74. The lowest BCUT2D eigenvalue weighted by atomic mass is 10.1. The molecular weight excluding hydrogens is 318 g/mol. The van der Waals surface area contributed by atoms with Crippen LogP contribution in [0.15, 0.2) is 15.6 Å². The number of aliphatic carboxylic acids is 1. The Bertz CT molecular complexity index is 613. The fraction of sp³-hybridized carbons (Fsp3) is 0.455. The van der Waals surface area contributed by atoms with Crippen molar-refractivity contribution in [1.82, 2.24) is 15.1 Å². The average Bonchev–Trinajstić information content (AvgIpc) is 2.80. The van der Waals surface area contributed by atoms with E-state index >= 15 is 0 Å². The Morgan fingerprint density at radius 1 is 1.55 bits per heavy atom. The van der Waals surface area contributed by atoms with Gasteiger partial charge in [-0.1, -0.05) is 23.1 Å². The van der Waals surface area contributed by atoms with Crippen LogP contribution < -0.4 is 0 Å². The van der Waals surface area contributed by atoms with E-state index in [-0.39, 0.29) is 17.0 Å². The highest BCUT2D eigenvalue weighted by molar-refractivity contribution is 8.01. The molecule has 3 heterocycles. The number of fused-ring (bicyclic) bond motifs is 1. The summed E-state index contributed by atoms with van der Waals surface area (Å²) in [6.45, 7) is 1.88. The monoisotopic (exact) mass is 329 g/mol. The van der Waals surface area contributed by atoms with Crippen LogP contribution in [0.5, 0.6) is 0 Å². The second kappa shape index (κ2) is 5.38. The van der Waals surface area contributed by atoms with Crippen LogP contribution in [0.4, 0.5) is 0 Å². The van der Waals surface area contributed by atoms with Gasteiger partial charge in [0.15, 0.2) is 4.34 Å². The van der Waals surface area contributed by atoms with Gasteiger partial charge in [0, 0.05) is 11.5 Å². The summed E-state index contributed by atoms with van der Waals surface area (Å²) >= 11 is 4.58. The van der Waals surface area contributed by atoms with Gasteiger partial charge >= 0.3 is 5.97 Å². The number of nitrogens with zero attached hydrogens (tertiary/aromatic N) is 3. The van der Waals surface area contributed by atoms with E-state index in [0.29, 0.717) is 17.9 Å². The van der Waals surface area contributed by atoms with Crippen molar-refractivity contribution in [3.05, 3.63) is 16.3 Å². The Morgan fingerprint density at radius 3 is 2.95 bits per heavy atom. The molecule has 1 atom stereocenters. The van der Waals surface area contributed by atoms with Gasteiger partial charge in [0.2, 0.25) is 5.91 Å². The van der Waals surface area contributed by atoms with Crippen LogP contribution in [0.25, 0.3) is 0 Å². The van der Waals surface area contributed by atoms with Crippen molar-refractivity contribution in [2.75, 3.05) is 11.5 Å². The predicted molar refractivity (Wildman–Crippen MR) is 77.7 cm³/mol. The quantitative estimate of drug-likeness (QED) is 0.663. The molecule has 1 fully saturated rings. The summed E-state index contributed by atoms with van der Waals surface area (Å²) in [7, 11) is 0. The van der Waals surface area contributed by atoms with Gasteiger partial charge in [0.1, 0.15) is 10.7 Å². The first-order chi connectivity index (χ1) is 9.56. The van der Waals surface area contributed by atoms with E-state index in [2.05, 4.69) is 10.2 Å². The molecule has 0 aliphatic carbocycles. The lowest BCUT2D eigenvalue weighted by Crippen LogP contribution is -2.54. The van der Waals surface area contributed by atoms with E-state index in [0.717, 1.165) is 14.9 Å². The minimum Gasteiger partial charge on any atom is -0.477 e. The maximum absolute atomic E-state index is 11.6. The highest BCUT2D eigenvalue weighted by Gasteiger charge is 2.45. The molecule has 1 aromatic rings. The van der Waals surface area contributed by atoms with Gasteiger partial charge in [-0.15, -0.1) is 22.0 Å². The van der Waals surface area contributed by atoms with Crippen molar-refractivity contribution in [3.8, 4) is 0 Å². The summed E-state index contributed by atoms with van der Waals surface area (Å²) < 4.78 is 0.821. The van der Waals surface area contributed by atoms with Gasteiger partial charge in [0.05, 0.1) is 11.8 Å². The Morgan fingerprint density at radius 2 is 2.35 bits per heavy atom. The predicted octanol–water partition coefficient (Wildman–Crippen LogP) is 1.58. The number of β-lactam (4-membered cyclic amide) rings is 1. The van der Waals surface area contributed by atoms with Gasteiger partial charge in [-0.3, -0.25) is 9.69 Å². The van der Waals surface area contributed by atoms with Crippen LogP contribution in [0.2, 0.25) is 0 Å². The molecule has 1 N–H and O–H groups in total.